The van der Waals surface area contributed by atoms with Gasteiger partial charge in [0, 0.05) is 5.56 Å². The molecule has 120 valence electrons. The van der Waals surface area contributed by atoms with Gasteiger partial charge in [0.1, 0.15) is 18.6 Å². The van der Waals surface area contributed by atoms with Gasteiger partial charge in [-0.2, -0.15) is 5.10 Å². The Bertz CT molecular complexity index is 877. The molecule has 1 heterocycles. The van der Waals surface area contributed by atoms with E-state index in [1.807, 2.05) is 54.6 Å². The molecule has 0 saturated carbocycles. The van der Waals surface area contributed by atoms with Gasteiger partial charge in [-0.25, -0.2) is 5.43 Å². The van der Waals surface area contributed by atoms with Crippen LogP contribution in [-0.2, 0) is 6.61 Å². The smallest absolute Gasteiger partial charge is 0.271 e. The first-order chi connectivity index (χ1) is 11.8. The SMILES string of the molecule is O=c1cnnc(N/N=C/c2ccccc2COc2ccccc2)[nH]1. The van der Waals surface area contributed by atoms with E-state index in [1.54, 1.807) is 6.21 Å². The Balaban J connectivity index is 1.67. The Morgan fingerprint density at radius 2 is 1.92 bits per heavy atom. The molecular weight excluding hydrogens is 306 g/mol. The Labute approximate surface area is 138 Å². The van der Waals surface area contributed by atoms with Gasteiger partial charge in [-0.1, -0.05) is 42.5 Å². The van der Waals surface area contributed by atoms with Crippen LogP contribution in [0.3, 0.4) is 0 Å². The van der Waals surface area contributed by atoms with E-state index >= 15 is 0 Å². The highest BCUT2D eigenvalue weighted by molar-refractivity contribution is 5.82. The van der Waals surface area contributed by atoms with Crippen molar-refractivity contribution in [2.24, 2.45) is 5.10 Å². The standard InChI is InChI=1S/C17H15N5O2/c23-16-11-19-22-17(20-16)21-18-10-13-6-4-5-7-14(13)12-24-15-8-2-1-3-9-15/h1-11H,12H2,(H2,20,21,22,23)/b18-10+. The lowest BCUT2D eigenvalue weighted by Gasteiger charge is -2.08. The second kappa shape index (κ2) is 7.68. The van der Waals surface area contributed by atoms with E-state index in [2.05, 4.69) is 25.7 Å². The maximum Gasteiger partial charge on any atom is 0.271 e. The summed E-state index contributed by atoms with van der Waals surface area (Å²) in [5, 5.41) is 11.3. The number of aromatic amines is 1. The van der Waals surface area contributed by atoms with Gasteiger partial charge in [-0.05, 0) is 17.7 Å². The number of aromatic nitrogens is 3. The highest BCUT2D eigenvalue weighted by Crippen LogP contribution is 2.13. The van der Waals surface area contributed by atoms with Gasteiger partial charge in [0.05, 0.1) is 6.21 Å². The van der Waals surface area contributed by atoms with Crippen LogP contribution in [0, 0.1) is 0 Å². The molecule has 7 heteroatoms. The van der Waals surface area contributed by atoms with Crippen LogP contribution < -0.4 is 15.7 Å². The number of benzene rings is 2. The molecule has 0 aliphatic carbocycles. The first-order valence-corrected chi connectivity index (χ1v) is 7.28. The van der Waals surface area contributed by atoms with Crippen LogP contribution in [0.4, 0.5) is 5.95 Å². The topological polar surface area (TPSA) is 92.3 Å². The second-order valence-electron chi connectivity index (χ2n) is 4.85. The zero-order valence-electron chi connectivity index (χ0n) is 12.7. The van der Waals surface area contributed by atoms with Crippen LogP contribution in [-0.4, -0.2) is 21.4 Å². The van der Waals surface area contributed by atoms with E-state index in [4.69, 9.17) is 4.74 Å². The second-order valence-corrected chi connectivity index (χ2v) is 4.85. The average molecular weight is 321 g/mol. The Morgan fingerprint density at radius 1 is 1.12 bits per heavy atom. The van der Waals surface area contributed by atoms with Crippen molar-refractivity contribution < 1.29 is 4.74 Å². The van der Waals surface area contributed by atoms with E-state index < -0.39 is 0 Å². The summed E-state index contributed by atoms with van der Waals surface area (Å²) in [4.78, 5) is 13.6. The minimum atomic E-state index is -0.348. The van der Waals surface area contributed by atoms with E-state index in [9.17, 15) is 4.79 Å². The fourth-order valence-corrected chi connectivity index (χ4v) is 2.00. The first kappa shape index (κ1) is 15.4. The van der Waals surface area contributed by atoms with Crippen molar-refractivity contribution in [1.82, 2.24) is 15.2 Å². The van der Waals surface area contributed by atoms with Gasteiger partial charge in [0.15, 0.2) is 0 Å². The van der Waals surface area contributed by atoms with Gasteiger partial charge < -0.3 is 4.74 Å². The largest absolute Gasteiger partial charge is 0.489 e. The Hall–Kier alpha value is -3.48. The van der Waals surface area contributed by atoms with Gasteiger partial charge in [0.2, 0.25) is 5.95 Å². The zero-order chi connectivity index (χ0) is 16.6. The summed E-state index contributed by atoms with van der Waals surface area (Å²) < 4.78 is 5.76. The van der Waals surface area contributed by atoms with E-state index in [0.717, 1.165) is 23.1 Å². The minimum Gasteiger partial charge on any atom is -0.489 e. The molecule has 0 spiro atoms. The zero-order valence-corrected chi connectivity index (χ0v) is 12.7. The third-order valence-corrected chi connectivity index (χ3v) is 3.14. The molecule has 0 amide bonds. The van der Waals surface area contributed by atoms with Gasteiger partial charge >= 0.3 is 0 Å². The van der Waals surface area contributed by atoms with Gasteiger partial charge in [-0.3, -0.25) is 9.78 Å². The minimum absolute atomic E-state index is 0.178. The third-order valence-electron chi connectivity index (χ3n) is 3.14. The van der Waals surface area contributed by atoms with E-state index in [1.165, 1.54) is 0 Å². The van der Waals surface area contributed by atoms with Crippen molar-refractivity contribution in [3.05, 3.63) is 82.3 Å². The molecule has 0 atom stereocenters. The number of para-hydroxylation sites is 1. The van der Waals surface area contributed by atoms with Crippen molar-refractivity contribution >= 4 is 12.2 Å². The number of anilines is 1. The molecule has 0 aliphatic rings. The van der Waals surface area contributed by atoms with Crippen LogP contribution in [0.5, 0.6) is 5.75 Å². The highest BCUT2D eigenvalue weighted by atomic mass is 16.5. The lowest BCUT2D eigenvalue weighted by molar-refractivity contribution is 0.306. The van der Waals surface area contributed by atoms with Crippen LogP contribution in [0.25, 0.3) is 0 Å². The van der Waals surface area contributed by atoms with E-state index in [-0.39, 0.29) is 11.5 Å². The molecule has 0 fully saturated rings. The quantitative estimate of drug-likeness (QED) is 0.536. The molecular formula is C17H15N5O2. The molecule has 2 aromatic carbocycles. The fourth-order valence-electron chi connectivity index (χ4n) is 2.00. The molecule has 0 bridgehead atoms. The number of nitrogens with zero attached hydrogens (tertiary/aromatic N) is 3. The monoisotopic (exact) mass is 321 g/mol. The summed E-state index contributed by atoms with van der Waals surface area (Å²) in [6.07, 6.45) is 2.72. The molecule has 0 unspecified atom stereocenters. The maximum atomic E-state index is 11.1. The van der Waals surface area contributed by atoms with Crippen LogP contribution in [0.1, 0.15) is 11.1 Å². The average Bonchev–Trinajstić information content (AvgIpc) is 2.62. The van der Waals surface area contributed by atoms with Crippen molar-refractivity contribution in [2.45, 2.75) is 6.61 Å². The lowest BCUT2D eigenvalue weighted by atomic mass is 10.1. The molecule has 1 aromatic heterocycles. The molecule has 0 radical (unpaired) electrons. The van der Waals surface area contributed by atoms with Crippen molar-refractivity contribution in [3.8, 4) is 5.75 Å². The third kappa shape index (κ3) is 4.26. The lowest BCUT2D eigenvalue weighted by Crippen LogP contribution is -2.10. The Morgan fingerprint density at radius 3 is 2.75 bits per heavy atom. The number of ether oxygens (including phenoxy) is 1. The number of hydrazone groups is 1. The van der Waals surface area contributed by atoms with Crippen LogP contribution in [0.15, 0.2) is 70.7 Å². The predicted octanol–water partition coefficient (Wildman–Crippen LogP) is 2.19. The summed E-state index contributed by atoms with van der Waals surface area (Å²) >= 11 is 0. The molecule has 7 nitrogen and oxygen atoms in total. The molecule has 0 aliphatic heterocycles. The highest BCUT2D eigenvalue weighted by Gasteiger charge is 2.01. The van der Waals surface area contributed by atoms with Crippen molar-refractivity contribution in [2.75, 3.05) is 5.43 Å². The molecule has 24 heavy (non-hydrogen) atoms. The van der Waals surface area contributed by atoms with Crippen LogP contribution in [0.2, 0.25) is 0 Å². The number of H-pyrrole nitrogens is 1. The summed E-state index contributed by atoms with van der Waals surface area (Å²) in [5.74, 6) is 0.983. The molecule has 0 saturated heterocycles. The molecule has 3 aromatic rings. The fraction of sp³-hybridized carbons (Fsp3) is 0.0588. The first-order valence-electron chi connectivity index (χ1n) is 7.28. The maximum absolute atomic E-state index is 11.1. The normalized spacial score (nSPS) is 10.7. The van der Waals surface area contributed by atoms with E-state index in [0.29, 0.717) is 6.61 Å². The number of rotatable bonds is 6. The van der Waals surface area contributed by atoms with Crippen molar-refractivity contribution in [1.29, 1.82) is 0 Å². The predicted molar refractivity (Wildman–Crippen MR) is 91.1 cm³/mol. The summed E-state index contributed by atoms with van der Waals surface area (Å²) in [5.41, 5.74) is 4.17. The molecule has 3 rings (SSSR count). The molecule has 2 N–H and O–H groups in total. The van der Waals surface area contributed by atoms with Gasteiger partial charge in [-0.15, -0.1) is 10.2 Å². The number of hydrogen-bond donors (Lipinski definition) is 2. The van der Waals surface area contributed by atoms with Crippen LogP contribution >= 0.6 is 0 Å². The number of hydrogen-bond acceptors (Lipinski definition) is 6. The van der Waals surface area contributed by atoms with Gasteiger partial charge in [0.25, 0.3) is 5.56 Å². The summed E-state index contributed by atoms with van der Waals surface area (Å²) in [6.45, 7) is 0.425. The number of nitrogens with one attached hydrogen (secondary N) is 2. The summed E-state index contributed by atoms with van der Waals surface area (Å²) in [7, 11) is 0. The van der Waals surface area contributed by atoms with Crippen molar-refractivity contribution in [3.63, 3.8) is 0 Å². The Kier molecular flexibility index (Phi) is 4.94. The summed E-state index contributed by atoms with van der Waals surface area (Å²) in [6, 6.07) is 17.3.